The fourth-order valence-corrected chi connectivity index (χ4v) is 2.50. The zero-order chi connectivity index (χ0) is 18.4. The standard InChI is InChI=1S/C21H25NO3/c1-5-17-9-11-18(12-10-17)14(2)22-21(24)16(4)25-20-8-6-7-19(13-20)15(3)23/h6-14,16H,5H2,1-4H3,(H,22,24). The van der Waals surface area contributed by atoms with E-state index in [1.165, 1.54) is 12.5 Å². The molecule has 0 aliphatic carbocycles. The first-order valence-electron chi connectivity index (χ1n) is 8.57. The molecule has 0 aliphatic heterocycles. The Hall–Kier alpha value is -2.62. The fourth-order valence-electron chi connectivity index (χ4n) is 2.50. The lowest BCUT2D eigenvalue weighted by Crippen LogP contribution is -2.37. The van der Waals surface area contributed by atoms with Crippen molar-refractivity contribution in [3.8, 4) is 5.75 Å². The van der Waals surface area contributed by atoms with Gasteiger partial charge in [-0.2, -0.15) is 0 Å². The Morgan fingerprint density at radius 2 is 1.76 bits per heavy atom. The molecule has 0 spiro atoms. The van der Waals surface area contributed by atoms with Crippen LogP contribution in [0.4, 0.5) is 0 Å². The van der Waals surface area contributed by atoms with Crippen molar-refractivity contribution in [2.45, 2.75) is 46.3 Å². The Labute approximate surface area is 149 Å². The van der Waals surface area contributed by atoms with E-state index >= 15 is 0 Å². The lowest BCUT2D eigenvalue weighted by atomic mass is 10.0. The second-order valence-electron chi connectivity index (χ2n) is 6.17. The number of carbonyl (C=O) groups is 2. The normalized spacial score (nSPS) is 13.0. The highest BCUT2D eigenvalue weighted by Crippen LogP contribution is 2.17. The van der Waals surface area contributed by atoms with Gasteiger partial charge in [0.1, 0.15) is 5.75 Å². The zero-order valence-electron chi connectivity index (χ0n) is 15.2. The summed E-state index contributed by atoms with van der Waals surface area (Å²) in [7, 11) is 0. The molecule has 0 bridgehead atoms. The van der Waals surface area contributed by atoms with Crippen LogP contribution in [-0.4, -0.2) is 17.8 Å². The molecule has 0 saturated carbocycles. The SMILES string of the molecule is CCc1ccc(C(C)NC(=O)C(C)Oc2cccc(C(C)=O)c2)cc1. The van der Waals surface area contributed by atoms with Gasteiger partial charge in [-0.15, -0.1) is 0 Å². The molecule has 4 heteroatoms. The summed E-state index contributed by atoms with van der Waals surface area (Å²) in [5.41, 5.74) is 2.88. The van der Waals surface area contributed by atoms with Gasteiger partial charge < -0.3 is 10.1 Å². The molecule has 0 aliphatic rings. The highest BCUT2D eigenvalue weighted by molar-refractivity contribution is 5.94. The minimum atomic E-state index is -0.653. The average Bonchev–Trinajstić information content (AvgIpc) is 2.61. The topological polar surface area (TPSA) is 55.4 Å². The molecule has 2 atom stereocenters. The van der Waals surface area contributed by atoms with E-state index in [0.29, 0.717) is 11.3 Å². The minimum absolute atomic E-state index is 0.0355. The Bertz CT molecular complexity index is 737. The fraction of sp³-hybridized carbons (Fsp3) is 0.333. The van der Waals surface area contributed by atoms with Gasteiger partial charge >= 0.3 is 0 Å². The number of nitrogens with one attached hydrogen (secondary N) is 1. The predicted octanol–water partition coefficient (Wildman–Crippen LogP) is 4.10. The molecule has 4 nitrogen and oxygen atoms in total. The quantitative estimate of drug-likeness (QED) is 0.773. The van der Waals surface area contributed by atoms with Crippen LogP contribution >= 0.6 is 0 Å². The number of aryl methyl sites for hydroxylation is 1. The van der Waals surface area contributed by atoms with Crippen LogP contribution in [-0.2, 0) is 11.2 Å². The van der Waals surface area contributed by atoms with E-state index in [-0.39, 0.29) is 17.7 Å². The molecule has 0 fully saturated rings. The molecular weight excluding hydrogens is 314 g/mol. The van der Waals surface area contributed by atoms with Gasteiger partial charge in [-0.25, -0.2) is 0 Å². The number of carbonyl (C=O) groups excluding carboxylic acids is 2. The summed E-state index contributed by atoms with van der Waals surface area (Å²) in [6.45, 7) is 7.26. The minimum Gasteiger partial charge on any atom is -0.481 e. The summed E-state index contributed by atoms with van der Waals surface area (Å²) in [6.07, 6.45) is 0.338. The third-order valence-electron chi connectivity index (χ3n) is 4.17. The second kappa shape index (κ2) is 8.47. The first-order valence-corrected chi connectivity index (χ1v) is 8.57. The lowest BCUT2D eigenvalue weighted by Gasteiger charge is -2.19. The third-order valence-corrected chi connectivity index (χ3v) is 4.17. The van der Waals surface area contributed by atoms with Crippen LogP contribution in [0.5, 0.6) is 5.75 Å². The molecule has 0 saturated heterocycles. The number of benzene rings is 2. The van der Waals surface area contributed by atoms with Gasteiger partial charge in [0.25, 0.3) is 5.91 Å². The van der Waals surface area contributed by atoms with E-state index in [1.807, 2.05) is 19.1 Å². The monoisotopic (exact) mass is 339 g/mol. The summed E-state index contributed by atoms with van der Waals surface area (Å²) in [5, 5.41) is 2.96. The smallest absolute Gasteiger partial charge is 0.261 e. The van der Waals surface area contributed by atoms with Gasteiger partial charge in [0, 0.05) is 5.56 Å². The highest BCUT2D eigenvalue weighted by Gasteiger charge is 2.18. The van der Waals surface area contributed by atoms with Crippen molar-refractivity contribution in [2.24, 2.45) is 0 Å². The molecule has 0 radical (unpaired) electrons. The van der Waals surface area contributed by atoms with E-state index in [9.17, 15) is 9.59 Å². The maximum atomic E-state index is 12.4. The van der Waals surface area contributed by atoms with E-state index in [4.69, 9.17) is 4.74 Å². The number of ether oxygens (including phenoxy) is 1. The number of ketones is 1. The van der Waals surface area contributed by atoms with Crippen LogP contribution < -0.4 is 10.1 Å². The number of rotatable bonds is 7. The summed E-state index contributed by atoms with van der Waals surface area (Å²) < 4.78 is 5.68. The van der Waals surface area contributed by atoms with Gasteiger partial charge in [-0.1, -0.05) is 43.3 Å². The van der Waals surface area contributed by atoms with E-state index in [0.717, 1.165) is 12.0 Å². The van der Waals surface area contributed by atoms with Crippen LogP contribution in [0.25, 0.3) is 0 Å². The molecule has 25 heavy (non-hydrogen) atoms. The van der Waals surface area contributed by atoms with Gasteiger partial charge in [0.2, 0.25) is 0 Å². The van der Waals surface area contributed by atoms with E-state index in [2.05, 4.69) is 24.4 Å². The summed E-state index contributed by atoms with van der Waals surface area (Å²) in [4.78, 5) is 23.8. The zero-order valence-corrected chi connectivity index (χ0v) is 15.2. The summed E-state index contributed by atoms with van der Waals surface area (Å²) >= 11 is 0. The molecule has 2 aromatic carbocycles. The first kappa shape index (κ1) is 18.7. The van der Waals surface area contributed by atoms with Gasteiger partial charge in [0.15, 0.2) is 11.9 Å². The second-order valence-corrected chi connectivity index (χ2v) is 6.17. The molecule has 2 unspecified atom stereocenters. The van der Waals surface area contributed by atoms with Gasteiger partial charge in [0.05, 0.1) is 6.04 Å². The maximum absolute atomic E-state index is 12.4. The first-order chi connectivity index (χ1) is 11.9. The lowest BCUT2D eigenvalue weighted by molar-refractivity contribution is -0.127. The maximum Gasteiger partial charge on any atom is 0.261 e. The van der Waals surface area contributed by atoms with E-state index in [1.54, 1.807) is 31.2 Å². The van der Waals surface area contributed by atoms with Crippen LogP contribution in [0.2, 0.25) is 0 Å². The van der Waals surface area contributed by atoms with Crippen LogP contribution in [0.15, 0.2) is 48.5 Å². The summed E-state index contributed by atoms with van der Waals surface area (Å²) in [6, 6.07) is 15.0. The van der Waals surface area contributed by atoms with Crippen LogP contribution in [0.1, 0.15) is 55.2 Å². The molecule has 0 aromatic heterocycles. The Morgan fingerprint density at radius 1 is 1.08 bits per heavy atom. The Balaban J connectivity index is 1.97. The number of Topliss-reactive ketones (excluding diaryl/α,β-unsaturated/α-hetero) is 1. The van der Waals surface area contributed by atoms with Crippen LogP contribution in [0, 0.1) is 0 Å². The number of hydrogen-bond acceptors (Lipinski definition) is 3. The molecule has 1 N–H and O–H groups in total. The van der Waals surface area contributed by atoms with E-state index < -0.39 is 6.10 Å². The molecular formula is C21H25NO3. The van der Waals surface area contributed by atoms with Crippen LogP contribution in [0.3, 0.4) is 0 Å². The van der Waals surface area contributed by atoms with Gasteiger partial charge in [-0.05, 0) is 50.5 Å². The van der Waals surface area contributed by atoms with Crippen molar-refractivity contribution in [3.05, 3.63) is 65.2 Å². The molecule has 0 heterocycles. The van der Waals surface area contributed by atoms with Crippen molar-refractivity contribution >= 4 is 11.7 Å². The summed E-state index contributed by atoms with van der Waals surface area (Å²) in [5.74, 6) is 0.280. The molecule has 132 valence electrons. The number of amides is 1. The predicted molar refractivity (Wildman–Crippen MR) is 98.9 cm³/mol. The van der Waals surface area contributed by atoms with Crippen molar-refractivity contribution in [2.75, 3.05) is 0 Å². The van der Waals surface area contributed by atoms with Crippen molar-refractivity contribution in [1.29, 1.82) is 0 Å². The number of hydrogen-bond donors (Lipinski definition) is 1. The van der Waals surface area contributed by atoms with Crippen molar-refractivity contribution in [1.82, 2.24) is 5.32 Å². The Morgan fingerprint density at radius 3 is 2.36 bits per heavy atom. The third kappa shape index (κ3) is 5.18. The molecule has 2 aromatic rings. The highest BCUT2D eigenvalue weighted by atomic mass is 16.5. The largest absolute Gasteiger partial charge is 0.481 e. The van der Waals surface area contributed by atoms with Gasteiger partial charge in [-0.3, -0.25) is 9.59 Å². The van der Waals surface area contributed by atoms with Crippen molar-refractivity contribution < 1.29 is 14.3 Å². The average molecular weight is 339 g/mol. The Kier molecular flexibility index (Phi) is 6.34. The molecule has 2 rings (SSSR count). The van der Waals surface area contributed by atoms with Crippen molar-refractivity contribution in [3.63, 3.8) is 0 Å². The molecule has 1 amide bonds.